The summed E-state index contributed by atoms with van der Waals surface area (Å²) in [6, 6.07) is 0.0183. The Morgan fingerprint density at radius 1 is 1.71 bits per heavy atom. The van der Waals surface area contributed by atoms with Gasteiger partial charge >= 0.3 is 5.97 Å². The quantitative estimate of drug-likeness (QED) is 0.695. The van der Waals surface area contributed by atoms with Crippen molar-refractivity contribution in [1.29, 1.82) is 0 Å². The number of hydrogen-bond donors (Lipinski definition) is 2. The van der Waals surface area contributed by atoms with Gasteiger partial charge in [-0.15, -0.1) is 0 Å². The highest BCUT2D eigenvalue weighted by molar-refractivity contribution is 5.72. The van der Waals surface area contributed by atoms with Gasteiger partial charge < -0.3 is 10.4 Å². The third-order valence-corrected chi connectivity index (χ3v) is 2.96. The van der Waals surface area contributed by atoms with E-state index in [0.717, 1.165) is 32.5 Å². The van der Waals surface area contributed by atoms with E-state index >= 15 is 0 Å². The lowest BCUT2D eigenvalue weighted by molar-refractivity contribution is -0.143. The average Bonchev–Trinajstić information content (AvgIpc) is 2.20. The van der Waals surface area contributed by atoms with E-state index < -0.39 is 5.97 Å². The van der Waals surface area contributed by atoms with Gasteiger partial charge in [0.15, 0.2) is 0 Å². The zero-order valence-corrected chi connectivity index (χ0v) is 8.99. The normalized spacial score (nSPS) is 24.9. The average molecular weight is 200 g/mol. The summed E-state index contributed by atoms with van der Waals surface area (Å²) in [6.07, 6.45) is 2.26. The van der Waals surface area contributed by atoms with Crippen LogP contribution in [-0.2, 0) is 4.79 Å². The number of nitrogens with zero attached hydrogens (tertiary/aromatic N) is 1. The van der Waals surface area contributed by atoms with Crippen LogP contribution >= 0.6 is 0 Å². The first-order valence-corrected chi connectivity index (χ1v) is 5.36. The van der Waals surface area contributed by atoms with E-state index in [1.54, 1.807) is 6.92 Å². The Balaban J connectivity index is 2.55. The van der Waals surface area contributed by atoms with Crippen LogP contribution in [0, 0.1) is 0 Å². The molecule has 0 bridgehead atoms. The Hall–Kier alpha value is -0.610. The Labute approximate surface area is 85.3 Å². The van der Waals surface area contributed by atoms with Crippen molar-refractivity contribution in [2.75, 3.05) is 19.6 Å². The van der Waals surface area contributed by atoms with Crippen LogP contribution in [0.4, 0.5) is 0 Å². The predicted molar refractivity (Wildman–Crippen MR) is 55.4 cm³/mol. The van der Waals surface area contributed by atoms with Crippen LogP contribution in [-0.4, -0.2) is 47.7 Å². The predicted octanol–water partition coefficient (Wildman–Crippen LogP) is 0.533. The van der Waals surface area contributed by atoms with Gasteiger partial charge in [-0.3, -0.25) is 9.69 Å². The maximum absolute atomic E-state index is 10.9. The molecule has 1 fully saturated rings. The molecule has 0 saturated carbocycles. The van der Waals surface area contributed by atoms with Gasteiger partial charge in [-0.05, 0) is 32.9 Å². The molecule has 2 atom stereocenters. The van der Waals surface area contributed by atoms with Crippen LogP contribution in [0.25, 0.3) is 0 Å². The van der Waals surface area contributed by atoms with Gasteiger partial charge in [-0.1, -0.05) is 6.92 Å². The highest BCUT2D eigenvalue weighted by Gasteiger charge is 2.27. The van der Waals surface area contributed by atoms with E-state index in [9.17, 15) is 4.79 Å². The van der Waals surface area contributed by atoms with Crippen LogP contribution in [0.5, 0.6) is 0 Å². The number of carboxylic acid groups (broad SMARTS) is 1. The van der Waals surface area contributed by atoms with Gasteiger partial charge in [-0.2, -0.15) is 0 Å². The third kappa shape index (κ3) is 2.69. The monoisotopic (exact) mass is 200 g/mol. The smallest absolute Gasteiger partial charge is 0.320 e. The van der Waals surface area contributed by atoms with Gasteiger partial charge in [-0.25, -0.2) is 0 Å². The highest BCUT2D eigenvalue weighted by atomic mass is 16.4. The number of nitrogens with one attached hydrogen (secondary N) is 1. The standard InChI is InChI=1S/C10H20N2O2/c1-3-12(8(2)10(13)14)9-5-4-6-11-7-9/h8-9,11H,3-7H2,1-2H3,(H,13,14). The van der Waals surface area contributed by atoms with Crippen LogP contribution in [0.3, 0.4) is 0 Å². The van der Waals surface area contributed by atoms with Gasteiger partial charge in [0.1, 0.15) is 6.04 Å². The van der Waals surface area contributed by atoms with Crippen molar-refractivity contribution in [3.8, 4) is 0 Å². The fourth-order valence-electron chi connectivity index (χ4n) is 2.11. The molecule has 1 heterocycles. The topological polar surface area (TPSA) is 52.6 Å². The highest BCUT2D eigenvalue weighted by Crippen LogP contribution is 2.13. The summed E-state index contributed by atoms with van der Waals surface area (Å²) in [7, 11) is 0. The Kier molecular flexibility index (Phi) is 4.35. The van der Waals surface area contributed by atoms with Crippen molar-refractivity contribution in [3.05, 3.63) is 0 Å². The molecule has 2 unspecified atom stereocenters. The number of piperidine rings is 1. The lowest BCUT2D eigenvalue weighted by Gasteiger charge is -2.36. The van der Waals surface area contributed by atoms with E-state index in [1.807, 2.05) is 6.92 Å². The molecule has 0 radical (unpaired) electrons. The minimum atomic E-state index is -0.725. The molecule has 0 aromatic heterocycles. The molecular formula is C10H20N2O2. The lowest BCUT2D eigenvalue weighted by atomic mass is 10.0. The number of carbonyl (C=O) groups is 1. The van der Waals surface area contributed by atoms with Crippen molar-refractivity contribution in [1.82, 2.24) is 10.2 Å². The first kappa shape index (κ1) is 11.5. The molecular weight excluding hydrogens is 180 g/mol. The third-order valence-electron chi connectivity index (χ3n) is 2.96. The van der Waals surface area contributed by atoms with E-state index in [-0.39, 0.29) is 6.04 Å². The molecule has 2 N–H and O–H groups in total. The maximum atomic E-state index is 10.9. The Morgan fingerprint density at radius 2 is 2.43 bits per heavy atom. The molecule has 4 heteroatoms. The number of hydrogen-bond acceptors (Lipinski definition) is 3. The second-order valence-electron chi connectivity index (χ2n) is 3.84. The van der Waals surface area contributed by atoms with E-state index in [4.69, 9.17) is 5.11 Å². The summed E-state index contributed by atoms with van der Waals surface area (Å²) in [5, 5.41) is 12.3. The second kappa shape index (κ2) is 5.32. The van der Waals surface area contributed by atoms with Crippen LogP contribution < -0.4 is 5.32 Å². The largest absolute Gasteiger partial charge is 0.480 e. The van der Waals surface area contributed by atoms with Crippen molar-refractivity contribution in [3.63, 3.8) is 0 Å². The Morgan fingerprint density at radius 3 is 2.86 bits per heavy atom. The molecule has 0 aromatic carbocycles. The molecule has 1 aliphatic rings. The molecule has 1 aliphatic heterocycles. The molecule has 1 rings (SSSR count). The number of aliphatic carboxylic acids is 1. The minimum Gasteiger partial charge on any atom is -0.480 e. The van der Waals surface area contributed by atoms with Crippen LogP contribution in [0.15, 0.2) is 0 Å². The molecule has 0 aliphatic carbocycles. The van der Waals surface area contributed by atoms with Crippen molar-refractivity contribution >= 4 is 5.97 Å². The lowest BCUT2D eigenvalue weighted by Crippen LogP contribution is -2.51. The maximum Gasteiger partial charge on any atom is 0.320 e. The van der Waals surface area contributed by atoms with Crippen molar-refractivity contribution < 1.29 is 9.90 Å². The van der Waals surface area contributed by atoms with E-state index in [2.05, 4.69) is 10.2 Å². The first-order chi connectivity index (χ1) is 6.66. The first-order valence-electron chi connectivity index (χ1n) is 5.36. The fraction of sp³-hybridized carbons (Fsp3) is 0.900. The van der Waals surface area contributed by atoms with Gasteiger partial charge in [0.2, 0.25) is 0 Å². The van der Waals surface area contributed by atoms with E-state index in [0.29, 0.717) is 6.04 Å². The van der Waals surface area contributed by atoms with Crippen LogP contribution in [0.2, 0.25) is 0 Å². The molecule has 4 nitrogen and oxygen atoms in total. The van der Waals surface area contributed by atoms with Gasteiger partial charge in [0.05, 0.1) is 0 Å². The zero-order valence-electron chi connectivity index (χ0n) is 8.99. The number of likely N-dealkylation sites (N-methyl/N-ethyl adjacent to an activating group) is 1. The van der Waals surface area contributed by atoms with Crippen molar-refractivity contribution in [2.24, 2.45) is 0 Å². The minimum absolute atomic E-state index is 0.370. The summed E-state index contributed by atoms with van der Waals surface area (Å²) in [4.78, 5) is 12.9. The SMILES string of the molecule is CCN(C1CCCNC1)C(C)C(=O)O. The molecule has 0 aromatic rings. The van der Waals surface area contributed by atoms with E-state index in [1.165, 1.54) is 0 Å². The second-order valence-corrected chi connectivity index (χ2v) is 3.84. The zero-order chi connectivity index (χ0) is 10.6. The summed E-state index contributed by atoms with van der Waals surface area (Å²) in [5.74, 6) is -0.725. The number of rotatable bonds is 4. The van der Waals surface area contributed by atoms with Crippen LogP contribution in [0.1, 0.15) is 26.7 Å². The van der Waals surface area contributed by atoms with Gasteiger partial charge in [0.25, 0.3) is 0 Å². The molecule has 14 heavy (non-hydrogen) atoms. The fourth-order valence-corrected chi connectivity index (χ4v) is 2.11. The van der Waals surface area contributed by atoms with Gasteiger partial charge in [0, 0.05) is 12.6 Å². The molecule has 0 spiro atoms. The van der Waals surface area contributed by atoms with Crippen molar-refractivity contribution in [2.45, 2.75) is 38.8 Å². The molecule has 0 amide bonds. The summed E-state index contributed by atoms with van der Waals surface area (Å²) in [6.45, 7) is 6.58. The molecule has 1 saturated heterocycles. The Bertz CT molecular complexity index is 191. The summed E-state index contributed by atoms with van der Waals surface area (Å²) < 4.78 is 0. The summed E-state index contributed by atoms with van der Waals surface area (Å²) >= 11 is 0. The summed E-state index contributed by atoms with van der Waals surface area (Å²) in [5.41, 5.74) is 0. The number of carboxylic acids is 1. The molecule has 82 valence electrons.